The number of hydrogen-bond acceptors (Lipinski definition) is 6. The van der Waals surface area contributed by atoms with Crippen LogP contribution in [0.15, 0.2) is 59.2 Å². The van der Waals surface area contributed by atoms with Crippen molar-refractivity contribution in [3.63, 3.8) is 0 Å². The summed E-state index contributed by atoms with van der Waals surface area (Å²) in [5, 5.41) is 0. The second-order valence-corrected chi connectivity index (χ2v) is 9.35. The summed E-state index contributed by atoms with van der Waals surface area (Å²) in [6, 6.07) is 15.7. The highest BCUT2D eigenvalue weighted by molar-refractivity contribution is 5.92. The largest absolute Gasteiger partial charge is 0.484 e. The van der Waals surface area contributed by atoms with Crippen molar-refractivity contribution in [2.45, 2.75) is 32.9 Å². The number of piperazine rings is 1. The Morgan fingerprint density at radius 1 is 0.946 bits per heavy atom. The van der Waals surface area contributed by atoms with Crippen LogP contribution in [0.4, 0.5) is 0 Å². The van der Waals surface area contributed by atoms with Gasteiger partial charge in [0.1, 0.15) is 12.0 Å². The number of hydrogen-bond donors (Lipinski definition) is 0. The normalized spacial score (nSPS) is 17.4. The predicted molar refractivity (Wildman–Crippen MR) is 135 cm³/mol. The van der Waals surface area contributed by atoms with Crippen molar-refractivity contribution < 1.29 is 23.5 Å². The zero-order valence-electron chi connectivity index (χ0n) is 21.1. The third-order valence-corrected chi connectivity index (χ3v) is 7.01. The number of ether oxygens (including phenoxy) is 1. The predicted octanol–water partition coefficient (Wildman–Crippen LogP) is 3.05. The molecule has 9 heteroatoms. The van der Waals surface area contributed by atoms with Gasteiger partial charge in [0.25, 0.3) is 5.91 Å². The van der Waals surface area contributed by atoms with Crippen LogP contribution in [0.25, 0.3) is 0 Å². The fourth-order valence-corrected chi connectivity index (χ4v) is 5.02. The second kappa shape index (κ2) is 10.5. The molecule has 3 amide bonds. The van der Waals surface area contributed by atoms with Crippen molar-refractivity contribution in [3.05, 3.63) is 83.1 Å². The standard InChI is InChI=1S/C28H30N4O5/c1-19(33)30-12-14-31(15-13-30)28(35)25-17-37-26(29-25)18-36-23-9-8-21-10-11-32(20(2)34)27(24(21)16-23)22-6-4-3-5-7-22/h3-9,16-17,27H,10-15,18H2,1-2H3. The zero-order chi connectivity index (χ0) is 25.9. The van der Waals surface area contributed by atoms with Gasteiger partial charge in [0.2, 0.25) is 17.7 Å². The Kier molecular flexibility index (Phi) is 6.94. The Labute approximate surface area is 215 Å². The maximum Gasteiger partial charge on any atom is 0.275 e. The lowest BCUT2D eigenvalue weighted by Crippen LogP contribution is -2.50. The molecule has 1 unspecified atom stereocenters. The second-order valence-electron chi connectivity index (χ2n) is 9.35. The SMILES string of the molecule is CC(=O)N1CCN(C(=O)c2coc(COc3ccc4c(c3)C(c3ccccc3)N(C(C)=O)CC4)n2)CC1. The third kappa shape index (κ3) is 5.21. The number of rotatable bonds is 5. The Balaban J connectivity index is 1.28. The molecule has 0 aliphatic carbocycles. The molecule has 192 valence electrons. The van der Waals surface area contributed by atoms with Gasteiger partial charge in [0.05, 0.1) is 6.04 Å². The molecule has 3 aromatic rings. The minimum absolute atomic E-state index is 0.0132. The summed E-state index contributed by atoms with van der Waals surface area (Å²) in [6.07, 6.45) is 2.13. The van der Waals surface area contributed by atoms with Gasteiger partial charge >= 0.3 is 0 Å². The molecule has 1 aromatic heterocycles. The van der Waals surface area contributed by atoms with E-state index in [0.29, 0.717) is 44.4 Å². The highest BCUT2D eigenvalue weighted by Crippen LogP contribution is 2.37. The summed E-state index contributed by atoms with van der Waals surface area (Å²) in [6.45, 7) is 5.82. The van der Waals surface area contributed by atoms with Crippen LogP contribution in [-0.4, -0.2) is 70.1 Å². The number of oxazole rings is 1. The van der Waals surface area contributed by atoms with E-state index in [0.717, 1.165) is 17.5 Å². The van der Waals surface area contributed by atoms with E-state index in [2.05, 4.69) is 4.98 Å². The minimum Gasteiger partial charge on any atom is -0.484 e. The molecule has 1 fully saturated rings. The van der Waals surface area contributed by atoms with Gasteiger partial charge in [-0.15, -0.1) is 0 Å². The van der Waals surface area contributed by atoms with Crippen LogP contribution in [-0.2, 0) is 22.6 Å². The molecule has 37 heavy (non-hydrogen) atoms. The topological polar surface area (TPSA) is 96.2 Å². The smallest absolute Gasteiger partial charge is 0.275 e. The van der Waals surface area contributed by atoms with E-state index >= 15 is 0 Å². The van der Waals surface area contributed by atoms with Crippen molar-refractivity contribution >= 4 is 17.7 Å². The van der Waals surface area contributed by atoms with E-state index in [9.17, 15) is 14.4 Å². The number of fused-ring (bicyclic) bond motifs is 1. The highest BCUT2D eigenvalue weighted by atomic mass is 16.5. The van der Waals surface area contributed by atoms with Crippen LogP contribution in [0, 0.1) is 0 Å². The maximum atomic E-state index is 12.8. The minimum atomic E-state index is -0.220. The van der Waals surface area contributed by atoms with E-state index in [-0.39, 0.29) is 36.1 Å². The Hall–Kier alpha value is -4.14. The number of amides is 3. The van der Waals surface area contributed by atoms with E-state index in [1.54, 1.807) is 16.7 Å². The Morgan fingerprint density at radius 3 is 2.38 bits per heavy atom. The molecule has 2 aliphatic rings. The van der Waals surface area contributed by atoms with Gasteiger partial charge in [-0.2, -0.15) is 0 Å². The lowest BCUT2D eigenvalue weighted by molar-refractivity contribution is -0.131. The quantitative estimate of drug-likeness (QED) is 0.532. The van der Waals surface area contributed by atoms with Gasteiger partial charge in [-0.25, -0.2) is 4.98 Å². The zero-order valence-corrected chi connectivity index (χ0v) is 21.1. The Morgan fingerprint density at radius 2 is 1.68 bits per heavy atom. The van der Waals surface area contributed by atoms with Gasteiger partial charge in [-0.1, -0.05) is 36.4 Å². The summed E-state index contributed by atoms with van der Waals surface area (Å²) >= 11 is 0. The average molecular weight is 503 g/mol. The summed E-state index contributed by atoms with van der Waals surface area (Å²) in [7, 11) is 0. The first-order valence-electron chi connectivity index (χ1n) is 12.5. The number of carbonyl (C=O) groups is 3. The maximum absolute atomic E-state index is 12.8. The van der Waals surface area contributed by atoms with E-state index < -0.39 is 0 Å². The summed E-state index contributed by atoms with van der Waals surface area (Å²) in [4.78, 5) is 46.4. The van der Waals surface area contributed by atoms with Crippen molar-refractivity contribution in [1.82, 2.24) is 19.7 Å². The summed E-state index contributed by atoms with van der Waals surface area (Å²) in [5.74, 6) is 0.761. The molecule has 1 atom stereocenters. The van der Waals surface area contributed by atoms with Crippen molar-refractivity contribution in [3.8, 4) is 5.75 Å². The van der Waals surface area contributed by atoms with Crippen molar-refractivity contribution in [2.24, 2.45) is 0 Å². The van der Waals surface area contributed by atoms with E-state index in [1.807, 2.05) is 53.4 Å². The molecule has 0 radical (unpaired) electrons. The van der Waals surface area contributed by atoms with Gasteiger partial charge < -0.3 is 23.9 Å². The molecule has 9 nitrogen and oxygen atoms in total. The number of nitrogens with zero attached hydrogens (tertiary/aromatic N) is 4. The first kappa shape index (κ1) is 24.5. The molecule has 5 rings (SSSR count). The lowest BCUT2D eigenvalue weighted by Gasteiger charge is -2.37. The van der Waals surface area contributed by atoms with Crippen molar-refractivity contribution in [1.29, 1.82) is 0 Å². The highest BCUT2D eigenvalue weighted by Gasteiger charge is 2.31. The third-order valence-electron chi connectivity index (χ3n) is 7.01. The number of carbonyl (C=O) groups excluding carboxylic acids is 3. The molecule has 1 saturated heterocycles. The number of benzene rings is 2. The van der Waals surface area contributed by atoms with Crippen LogP contribution in [0.5, 0.6) is 5.75 Å². The first-order valence-corrected chi connectivity index (χ1v) is 12.5. The molecule has 0 saturated carbocycles. The lowest BCUT2D eigenvalue weighted by atomic mass is 9.88. The monoisotopic (exact) mass is 502 g/mol. The fourth-order valence-electron chi connectivity index (χ4n) is 5.02. The molecule has 2 aromatic carbocycles. The summed E-state index contributed by atoms with van der Waals surface area (Å²) < 4.78 is 11.5. The molecular formula is C28H30N4O5. The van der Waals surface area contributed by atoms with Crippen LogP contribution in [0.2, 0.25) is 0 Å². The molecule has 0 bridgehead atoms. The van der Waals surface area contributed by atoms with Gasteiger partial charge in [-0.3, -0.25) is 14.4 Å². The van der Waals surface area contributed by atoms with Gasteiger partial charge in [0, 0.05) is 46.6 Å². The molecule has 0 N–H and O–H groups in total. The van der Waals surface area contributed by atoms with Crippen LogP contribution in [0.1, 0.15) is 53.0 Å². The van der Waals surface area contributed by atoms with Gasteiger partial charge in [0.15, 0.2) is 12.3 Å². The first-order chi connectivity index (χ1) is 17.9. The Bertz CT molecular complexity index is 1300. The number of aromatic nitrogens is 1. The fraction of sp³-hybridized carbons (Fsp3) is 0.357. The average Bonchev–Trinajstić information content (AvgIpc) is 3.40. The van der Waals surface area contributed by atoms with Crippen molar-refractivity contribution in [2.75, 3.05) is 32.7 Å². The van der Waals surface area contributed by atoms with Crippen LogP contribution in [0.3, 0.4) is 0 Å². The van der Waals surface area contributed by atoms with Crippen LogP contribution >= 0.6 is 0 Å². The van der Waals surface area contributed by atoms with E-state index in [1.165, 1.54) is 18.8 Å². The molecule has 3 heterocycles. The molecule has 2 aliphatic heterocycles. The molecular weight excluding hydrogens is 472 g/mol. The van der Waals surface area contributed by atoms with E-state index in [4.69, 9.17) is 9.15 Å². The molecule has 0 spiro atoms. The van der Waals surface area contributed by atoms with Crippen LogP contribution < -0.4 is 4.74 Å². The summed E-state index contributed by atoms with van der Waals surface area (Å²) in [5.41, 5.74) is 3.50. The van der Waals surface area contributed by atoms with Gasteiger partial charge in [-0.05, 0) is 35.2 Å².